The molecule has 0 fully saturated rings. The maximum Gasteiger partial charge on any atom is 0.306 e. The fraction of sp³-hybridized carbons (Fsp3) is 0.885. The van der Waals surface area contributed by atoms with Gasteiger partial charge in [-0.25, -0.2) is 0 Å². The van der Waals surface area contributed by atoms with Crippen molar-refractivity contribution in [3.05, 3.63) is 24.3 Å². The van der Waals surface area contributed by atoms with Gasteiger partial charge in [-0.15, -0.1) is 0 Å². The Labute approximate surface area is 417 Å². The van der Waals surface area contributed by atoms with E-state index in [0.717, 1.165) is 57.8 Å². The lowest BCUT2D eigenvalue weighted by Crippen LogP contribution is -2.30. The minimum atomic E-state index is -0.768. The van der Waals surface area contributed by atoms with E-state index in [4.69, 9.17) is 14.2 Å². The molecule has 0 amide bonds. The van der Waals surface area contributed by atoms with E-state index in [0.29, 0.717) is 19.3 Å². The van der Waals surface area contributed by atoms with Crippen molar-refractivity contribution in [3.8, 4) is 0 Å². The second-order valence-corrected chi connectivity index (χ2v) is 20.3. The molecule has 6 nitrogen and oxygen atoms in total. The van der Waals surface area contributed by atoms with Gasteiger partial charge in [0.2, 0.25) is 0 Å². The molecule has 0 heterocycles. The van der Waals surface area contributed by atoms with Gasteiger partial charge in [0, 0.05) is 19.3 Å². The molecule has 1 unspecified atom stereocenters. The van der Waals surface area contributed by atoms with Crippen LogP contribution in [0.2, 0.25) is 0 Å². The number of rotatable bonds is 55. The minimum absolute atomic E-state index is 0.0686. The number of carbonyl (C=O) groups excluding carboxylic acids is 3. The summed E-state index contributed by atoms with van der Waals surface area (Å²) in [6.07, 6.45) is 66.1. The lowest BCUT2D eigenvalue weighted by Gasteiger charge is -2.18. The van der Waals surface area contributed by atoms with E-state index in [2.05, 4.69) is 45.1 Å². The van der Waals surface area contributed by atoms with E-state index in [1.54, 1.807) is 0 Å². The number of allylic oxidation sites excluding steroid dienone is 4. The van der Waals surface area contributed by atoms with Crippen LogP contribution >= 0.6 is 0 Å². The van der Waals surface area contributed by atoms with Crippen LogP contribution in [-0.2, 0) is 28.6 Å². The van der Waals surface area contributed by atoms with Gasteiger partial charge >= 0.3 is 17.9 Å². The first-order chi connectivity index (χ1) is 33.0. The topological polar surface area (TPSA) is 78.9 Å². The average molecular weight is 944 g/mol. The van der Waals surface area contributed by atoms with Gasteiger partial charge in [0.25, 0.3) is 0 Å². The van der Waals surface area contributed by atoms with Crippen molar-refractivity contribution in [2.75, 3.05) is 13.2 Å². The number of unbranched alkanes of at least 4 members (excludes halogenated alkanes) is 40. The Kier molecular flexibility index (Phi) is 54.7. The van der Waals surface area contributed by atoms with Crippen LogP contribution in [0, 0.1) is 0 Å². The van der Waals surface area contributed by atoms with Crippen molar-refractivity contribution in [1.82, 2.24) is 0 Å². The van der Waals surface area contributed by atoms with Crippen LogP contribution in [0.4, 0.5) is 0 Å². The summed E-state index contributed by atoms with van der Waals surface area (Å²) in [5, 5.41) is 0. The molecule has 1 atom stereocenters. The van der Waals surface area contributed by atoms with Crippen molar-refractivity contribution in [2.24, 2.45) is 0 Å². The number of hydrogen-bond acceptors (Lipinski definition) is 6. The zero-order chi connectivity index (χ0) is 48.6. The molecule has 0 aromatic heterocycles. The van der Waals surface area contributed by atoms with Crippen molar-refractivity contribution in [2.45, 2.75) is 335 Å². The summed E-state index contributed by atoms with van der Waals surface area (Å²) in [6, 6.07) is 0. The summed E-state index contributed by atoms with van der Waals surface area (Å²) in [6.45, 7) is 6.66. The summed E-state index contributed by atoms with van der Waals surface area (Å²) >= 11 is 0. The first-order valence-corrected chi connectivity index (χ1v) is 29.8. The number of hydrogen-bond donors (Lipinski definition) is 0. The highest BCUT2D eigenvalue weighted by molar-refractivity contribution is 5.71. The fourth-order valence-corrected chi connectivity index (χ4v) is 8.91. The Morgan fingerprint density at radius 2 is 0.493 bits per heavy atom. The van der Waals surface area contributed by atoms with Crippen LogP contribution in [0.25, 0.3) is 0 Å². The number of ether oxygens (including phenoxy) is 3. The SMILES string of the molecule is CCCCCCCC/C=C\CCCCCCCCCCCC(=O)OC(COC(=O)CCCCCCCCCCC)COC(=O)CCCCCCCCCCC/C=C\CCCCCCCCCC. The van der Waals surface area contributed by atoms with Gasteiger partial charge in [-0.2, -0.15) is 0 Å². The molecule has 0 spiro atoms. The van der Waals surface area contributed by atoms with Gasteiger partial charge in [-0.1, -0.05) is 263 Å². The Balaban J connectivity index is 4.22. The summed E-state index contributed by atoms with van der Waals surface area (Å²) in [4.78, 5) is 38.1. The molecule has 0 aromatic carbocycles. The quantitative estimate of drug-likeness (QED) is 0.0262. The van der Waals surface area contributed by atoms with E-state index >= 15 is 0 Å². The molecule has 0 radical (unpaired) electrons. The standard InChI is InChI=1S/C61H114O6/c1-4-7-10-13-16-19-21-23-25-27-29-30-32-33-35-37-39-42-45-48-51-54-60(63)66-57-58(56-65-59(62)53-50-47-44-41-18-15-12-9-6-3)67-61(64)55-52-49-46-43-40-38-36-34-31-28-26-24-22-20-17-14-11-8-5-2/h24,26-27,29,58H,4-23,25,28,30-57H2,1-3H3/b26-24-,29-27-. The van der Waals surface area contributed by atoms with E-state index in [9.17, 15) is 14.4 Å². The molecule has 67 heavy (non-hydrogen) atoms. The van der Waals surface area contributed by atoms with Crippen molar-refractivity contribution in [1.29, 1.82) is 0 Å². The van der Waals surface area contributed by atoms with E-state index in [1.165, 1.54) is 231 Å². The summed E-state index contributed by atoms with van der Waals surface area (Å²) in [7, 11) is 0. The molecule has 6 heteroatoms. The summed E-state index contributed by atoms with van der Waals surface area (Å²) in [5.41, 5.74) is 0. The van der Waals surface area contributed by atoms with E-state index < -0.39 is 6.10 Å². The monoisotopic (exact) mass is 943 g/mol. The molecular weight excluding hydrogens is 829 g/mol. The maximum atomic E-state index is 12.8. The van der Waals surface area contributed by atoms with Gasteiger partial charge in [0.05, 0.1) is 0 Å². The number of carbonyl (C=O) groups is 3. The Morgan fingerprint density at radius 1 is 0.284 bits per heavy atom. The van der Waals surface area contributed by atoms with Crippen LogP contribution < -0.4 is 0 Å². The van der Waals surface area contributed by atoms with E-state index in [1.807, 2.05) is 0 Å². The molecular formula is C61H114O6. The lowest BCUT2D eigenvalue weighted by molar-refractivity contribution is -0.167. The van der Waals surface area contributed by atoms with E-state index in [-0.39, 0.29) is 31.1 Å². The molecule has 0 saturated carbocycles. The lowest BCUT2D eigenvalue weighted by atomic mass is 10.1. The van der Waals surface area contributed by atoms with Gasteiger partial charge < -0.3 is 14.2 Å². The first kappa shape index (κ1) is 64.9. The molecule has 0 N–H and O–H groups in total. The van der Waals surface area contributed by atoms with Gasteiger partial charge in [-0.3, -0.25) is 14.4 Å². The summed E-state index contributed by atoms with van der Waals surface area (Å²) < 4.78 is 16.9. The Hall–Kier alpha value is -2.11. The van der Waals surface area contributed by atoms with Crippen molar-refractivity contribution in [3.63, 3.8) is 0 Å². The van der Waals surface area contributed by atoms with Gasteiger partial charge in [0.15, 0.2) is 6.10 Å². The molecule has 0 saturated heterocycles. The maximum absolute atomic E-state index is 12.8. The normalized spacial score (nSPS) is 12.1. The third-order valence-electron chi connectivity index (χ3n) is 13.4. The molecule has 394 valence electrons. The second-order valence-electron chi connectivity index (χ2n) is 20.3. The van der Waals surface area contributed by atoms with Crippen molar-refractivity contribution < 1.29 is 28.6 Å². The molecule has 0 aliphatic rings. The summed E-state index contributed by atoms with van der Waals surface area (Å²) in [5.74, 6) is -0.856. The van der Waals surface area contributed by atoms with Crippen LogP contribution in [0.1, 0.15) is 329 Å². The largest absolute Gasteiger partial charge is 0.462 e. The predicted molar refractivity (Wildman–Crippen MR) is 289 cm³/mol. The Bertz CT molecular complexity index is 1080. The highest BCUT2D eigenvalue weighted by atomic mass is 16.6. The van der Waals surface area contributed by atoms with Gasteiger partial charge in [-0.05, 0) is 70.6 Å². The average Bonchev–Trinajstić information content (AvgIpc) is 3.33. The van der Waals surface area contributed by atoms with Crippen molar-refractivity contribution >= 4 is 17.9 Å². The molecule has 0 rings (SSSR count). The van der Waals surface area contributed by atoms with Gasteiger partial charge in [0.1, 0.15) is 13.2 Å². The van der Waals surface area contributed by atoms with Crippen LogP contribution in [0.15, 0.2) is 24.3 Å². The molecule has 0 bridgehead atoms. The highest BCUT2D eigenvalue weighted by Crippen LogP contribution is 2.17. The van der Waals surface area contributed by atoms with Crippen LogP contribution in [-0.4, -0.2) is 37.2 Å². The Morgan fingerprint density at radius 3 is 0.746 bits per heavy atom. The zero-order valence-corrected chi connectivity index (χ0v) is 45.2. The minimum Gasteiger partial charge on any atom is -0.462 e. The highest BCUT2D eigenvalue weighted by Gasteiger charge is 2.19. The molecule has 0 aliphatic carbocycles. The molecule has 0 aliphatic heterocycles. The zero-order valence-electron chi connectivity index (χ0n) is 45.2. The van der Waals surface area contributed by atoms with Crippen LogP contribution in [0.5, 0.6) is 0 Å². The second kappa shape index (κ2) is 56.5. The third kappa shape index (κ3) is 54.7. The first-order valence-electron chi connectivity index (χ1n) is 29.8. The number of esters is 3. The molecule has 0 aromatic rings. The third-order valence-corrected chi connectivity index (χ3v) is 13.4. The smallest absolute Gasteiger partial charge is 0.306 e. The van der Waals surface area contributed by atoms with Crippen LogP contribution in [0.3, 0.4) is 0 Å². The predicted octanol–water partition coefficient (Wildman–Crippen LogP) is 19.9. The fourth-order valence-electron chi connectivity index (χ4n) is 8.91.